The summed E-state index contributed by atoms with van der Waals surface area (Å²) in [5.74, 6) is 5.09. The Hall–Kier alpha value is -1.04. The van der Waals surface area contributed by atoms with Crippen LogP contribution in [0.4, 0.5) is 4.39 Å². The third-order valence-electron chi connectivity index (χ3n) is 2.47. The lowest BCUT2D eigenvalue weighted by molar-refractivity contribution is 0.0304. The number of ether oxygens (including phenoxy) is 1. The van der Waals surface area contributed by atoms with Crippen molar-refractivity contribution in [2.24, 2.45) is 5.84 Å². The van der Waals surface area contributed by atoms with Crippen LogP contribution >= 0.6 is 0 Å². The van der Waals surface area contributed by atoms with Crippen molar-refractivity contribution < 1.29 is 9.13 Å². The fraction of sp³-hybridized carbons (Fsp3) is 0.545. The largest absolute Gasteiger partial charge is 0.376 e. The molecule has 1 rings (SSSR count). The summed E-state index contributed by atoms with van der Waals surface area (Å²) in [6, 6.07) is 1.26. The number of nitrogens with two attached hydrogens (primary N) is 1. The van der Waals surface area contributed by atoms with Crippen LogP contribution in [0.3, 0.4) is 0 Å². The van der Waals surface area contributed by atoms with Crippen molar-refractivity contribution in [1.29, 1.82) is 0 Å². The van der Waals surface area contributed by atoms with Crippen molar-refractivity contribution in [3.63, 3.8) is 0 Å². The fourth-order valence-corrected chi connectivity index (χ4v) is 1.70. The Bertz CT molecular complexity index is 322. The number of hydrazine groups is 1. The van der Waals surface area contributed by atoms with E-state index in [-0.39, 0.29) is 18.0 Å². The monoisotopic (exact) mass is 227 g/mol. The summed E-state index contributed by atoms with van der Waals surface area (Å²) >= 11 is 0. The first-order valence-electron chi connectivity index (χ1n) is 5.41. The summed E-state index contributed by atoms with van der Waals surface area (Å²) in [5.41, 5.74) is 3.09. The zero-order valence-electron chi connectivity index (χ0n) is 9.61. The Kier molecular flexibility index (Phi) is 5.31. The maximum atomic E-state index is 13.6. The lowest BCUT2D eigenvalue weighted by Gasteiger charge is -2.25. The van der Waals surface area contributed by atoms with E-state index in [2.05, 4.69) is 10.4 Å². The molecule has 0 aromatic carbocycles. The lowest BCUT2D eigenvalue weighted by Crippen LogP contribution is -2.38. The van der Waals surface area contributed by atoms with Gasteiger partial charge in [-0.25, -0.2) is 4.39 Å². The minimum absolute atomic E-state index is 0.146. The van der Waals surface area contributed by atoms with Gasteiger partial charge in [0, 0.05) is 18.4 Å². The van der Waals surface area contributed by atoms with Gasteiger partial charge in [-0.15, -0.1) is 0 Å². The number of nitrogens with one attached hydrogen (secondary N) is 1. The molecular weight excluding hydrogens is 209 g/mol. The van der Waals surface area contributed by atoms with Crippen LogP contribution in [0.1, 0.15) is 31.9 Å². The first-order valence-corrected chi connectivity index (χ1v) is 5.41. The Morgan fingerprint density at radius 3 is 2.81 bits per heavy atom. The van der Waals surface area contributed by atoms with Gasteiger partial charge in [-0.1, -0.05) is 6.92 Å². The average Bonchev–Trinajstić information content (AvgIpc) is 2.31. The molecule has 0 aliphatic rings. The van der Waals surface area contributed by atoms with Crippen LogP contribution in [0.2, 0.25) is 0 Å². The molecule has 1 aromatic heterocycles. The second-order valence-electron chi connectivity index (χ2n) is 3.44. The van der Waals surface area contributed by atoms with E-state index in [1.807, 2.05) is 13.8 Å². The molecule has 1 heterocycles. The van der Waals surface area contributed by atoms with E-state index in [1.54, 1.807) is 12.3 Å². The van der Waals surface area contributed by atoms with Crippen molar-refractivity contribution in [1.82, 2.24) is 10.4 Å². The molecule has 1 aromatic rings. The third-order valence-corrected chi connectivity index (χ3v) is 2.47. The zero-order chi connectivity index (χ0) is 12.0. The molecule has 16 heavy (non-hydrogen) atoms. The molecule has 2 unspecified atom stereocenters. The number of nitrogens with zero attached hydrogens (tertiary/aromatic N) is 1. The number of hydrogen-bond acceptors (Lipinski definition) is 4. The second-order valence-corrected chi connectivity index (χ2v) is 3.44. The highest BCUT2D eigenvalue weighted by Gasteiger charge is 2.23. The molecule has 0 radical (unpaired) electrons. The molecule has 0 bridgehead atoms. The predicted molar refractivity (Wildman–Crippen MR) is 60.0 cm³/mol. The van der Waals surface area contributed by atoms with Crippen molar-refractivity contribution >= 4 is 0 Å². The Balaban J connectivity index is 2.92. The Morgan fingerprint density at radius 2 is 2.31 bits per heavy atom. The molecule has 0 amide bonds. The van der Waals surface area contributed by atoms with E-state index >= 15 is 0 Å². The minimum atomic E-state index is -0.372. The van der Waals surface area contributed by atoms with Gasteiger partial charge >= 0.3 is 0 Å². The molecule has 0 fully saturated rings. The fourth-order valence-electron chi connectivity index (χ4n) is 1.70. The first-order chi connectivity index (χ1) is 7.74. The normalized spacial score (nSPS) is 14.8. The molecular formula is C11H18FN3O. The molecule has 0 aliphatic heterocycles. The molecule has 2 atom stereocenters. The quantitative estimate of drug-likeness (QED) is 0.571. The SMILES string of the molecule is CCOC(CC)C(NN)c1ccncc1F. The van der Waals surface area contributed by atoms with E-state index in [0.29, 0.717) is 12.2 Å². The number of rotatable bonds is 6. The van der Waals surface area contributed by atoms with E-state index in [1.165, 1.54) is 6.20 Å². The standard InChI is InChI=1S/C11H18FN3O/c1-3-10(16-4-2)11(15-13)8-5-6-14-7-9(8)12/h5-7,10-11,15H,3-4,13H2,1-2H3. The molecule has 0 saturated heterocycles. The summed E-state index contributed by atoms with van der Waals surface area (Å²) in [5, 5.41) is 0. The van der Waals surface area contributed by atoms with Crippen molar-refractivity contribution in [2.45, 2.75) is 32.4 Å². The minimum Gasteiger partial charge on any atom is -0.376 e. The number of halogens is 1. The van der Waals surface area contributed by atoms with Crippen LogP contribution in [-0.4, -0.2) is 17.7 Å². The topological polar surface area (TPSA) is 60.2 Å². The van der Waals surface area contributed by atoms with E-state index < -0.39 is 0 Å². The van der Waals surface area contributed by atoms with Gasteiger partial charge in [0.15, 0.2) is 0 Å². The smallest absolute Gasteiger partial charge is 0.146 e. The van der Waals surface area contributed by atoms with Gasteiger partial charge in [-0.05, 0) is 19.4 Å². The number of hydrogen-bond donors (Lipinski definition) is 2. The van der Waals surface area contributed by atoms with E-state index in [9.17, 15) is 4.39 Å². The highest BCUT2D eigenvalue weighted by molar-refractivity contribution is 5.18. The van der Waals surface area contributed by atoms with Gasteiger partial charge in [0.05, 0.1) is 18.3 Å². The summed E-state index contributed by atoms with van der Waals surface area (Å²) < 4.78 is 19.1. The van der Waals surface area contributed by atoms with Crippen LogP contribution in [0.5, 0.6) is 0 Å². The van der Waals surface area contributed by atoms with Gasteiger partial charge < -0.3 is 4.74 Å². The van der Waals surface area contributed by atoms with Gasteiger partial charge in [-0.3, -0.25) is 16.3 Å². The van der Waals surface area contributed by atoms with Crippen LogP contribution in [0.15, 0.2) is 18.5 Å². The van der Waals surface area contributed by atoms with Crippen LogP contribution in [0.25, 0.3) is 0 Å². The van der Waals surface area contributed by atoms with Gasteiger partial charge in [0.25, 0.3) is 0 Å². The average molecular weight is 227 g/mol. The van der Waals surface area contributed by atoms with E-state index in [0.717, 1.165) is 6.42 Å². The zero-order valence-corrected chi connectivity index (χ0v) is 9.61. The lowest BCUT2D eigenvalue weighted by atomic mass is 10.0. The summed E-state index contributed by atoms with van der Waals surface area (Å²) in [6.45, 7) is 4.45. The van der Waals surface area contributed by atoms with Crippen molar-refractivity contribution in [3.8, 4) is 0 Å². The van der Waals surface area contributed by atoms with Gasteiger partial charge in [0.2, 0.25) is 0 Å². The molecule has 5 heteroatoms. The molecule has 0 saturated carbocycles. The van der Waals surface area contributed by atoms with E-state index in [4.69, 9.17) is 10.6 Å². The Morgan fingerprint density at radius 1 is 1.56 bits per heavy atom. The van der Waals surface area contributed by atoms with Crippen LogP contribution < -0.4 is 11.3 Å². The molecule has 90 valence electrons. The van der Waals surface area contributed by atoms with Gasteiger partial charge in [-0.2, -0.15) is 0 Å². The second kappa shape index (κ2) is 6.52. The summed E-state index contributed by atoms with van der Waals surface area (Å²) in [4.78, 5) is 3.71. The van der Waals surface area contributed by atoms with Crippen molar-refractivity contribution in [3.05, 3.63) is 29.8 Å². The highest BCUT2D eigenvalue weighted by Crippen LogP contribution is 2.22. The summed E-state index contributed by atoms with van der Waals surface area (Å²) in [6.07, 6.45) is 3.33. The highest BCUT2D eigenvalue weighted by atomic mass is 19.1. The van der Waals surface area contributed by atoms with Crippen LogP contribution in [0, 0.1) is 5.82 Å². The molecule has 0 aliphatic carbocycles. The maximum absolute atomic E-state index is 13.6. The molecule has 4 nitrogen and oxygen atoms in total. The Labute approximate surface area is 95.0 Å². The molecule has 3 N–H and O–H groups in total. The maximum Gasteiger partial charge on any atom is 0.146 e. The first kappa shape index (κ1) is 13.0. The van der Waals surface area contributed by atoms with Crippen LogP contribution in [-0.2, 0) is 4.74 Å². The number of aromatic nitrogens is 1. The van der Waals surface area contributed by atoms with Gasteiger partial charge in [0.1, 0.15) is 5.82 Å². The number of pyridine rings is 1. The molecule has 0 spiro atoms. The van der Waals surface area contributed by atoms with Crippen molar-refractivity contribution in [2.75, 3.05) is 6.61 Å². The predicted octanol–water partition coefficient (Wildman–Crippen LogP) is 1.54. The third kappa shape index (κ3) is 2.98. The summed E-state index contributed by atoms with van der Waals surface area (Å²) in [7, 11) is 0.